The molecule has 6 rings (SSSR count). The summed E-state index contributed by atoms with van der Waals surface area (Å²) in [7, 11) is -0.709. The van der Waals surface area contributed by atoms with Gasteiger partial charge in [0.25, 0.3) is 0 Å². The average Bonchev–Trinajstić information content (AvgIpc) is 3.20. The van der Waals surface area contributed by atoms with E-state index in [1.54, 1.807) is 3.58 Å². The molecule has 0 aliphatic rings. The molecule has 0 unspecified atom stereocenters. The second kappa shape index (κ2) is 19.1. The molecule has 6 aromatic rings. The molecule has 0 saturated heterocycles. The van der Waals surface area contributed by atoms with Crippen molar-refractivity contribution in [1.82, 2.24) is 0 Å². The molecular weight excluding hydrogens is 810 g/mol. The van der Waals surface area contributed by atoms with Gasteiger partial charge in [0.2, 0.25) is 0 Å². The Morgan fingerprint density at radius 3 is 1.00 bits per heavy atom. The van der Waals surface area contributed by atoms with Crippen molar-refractivity contribution in [2.45, 2.75) is 122 Å². The summed E-state index contributed by atoms with van der Waals surface area (Å²) in [6, 6.07) is 52.2. The third-order valence-electron chi connectivity index (χ3n) is 11.6. The molecule has 2 heteroatoms. The second-order valence-corrected chi connectivity index (χ2v) is 25.4. The first-order valence-corrected chi connectivity index (χ1v) is 26.0. The van der Waals surface area contributed by atoms with Gasteiger partial charge in [-0.15, -0.1) is 0 Å². The van der Waals surface area contributed by atoms with Crippen LogP contribution in [0, 0.1) is 0 Å². The summed E-state index contributed by atoms with van der Waals surface area (Å²) in [6.45, 7) is 28.7. The molecule has 0 saturated carbocycles. The Morgan fingerprint density at radius 2 is 0.684 bits per heavy atom. The molecule has 0 heterocycles. The van der Waals surface area contributed by atoms with Crippen LogP contribution in [0.2, 0.25) is 0 Å². The maximum absolute atomic E-state index is 2.56. The fourth-order valence-electron chi connectivity index (χ4n) is 8.35. The zero-order chi connectivity index (χ0) is 41.0. The molecule has 0 amide bonds. The van der Waals surface area contributed by atoms with Crippen LogP contribution < -0.4 is 14.2 Å². The van der Waals surface area contributed by atoms with Crippen molar-refractivity contribution in [2.24, 2.45) is 0 Å². The van der Waals surface area contributed by atoms with Crippen LogP contribution in [0.4, 0.5) is 0 Å². The summed E-state index contributed by atoms with van der Waals surface area (Å²) in [5.41, 5.74) is 16.3. The summed E-state index contributed by atoms with van der Waals surface area (Å²) in [6.07, 6.45) is 0. The van der Waals surface area contributed by atoms with E-state index < -0.39 is 29.1 Å². The van der Waals surface area contributed by atoms with E-state index in [1.165, 1.54) is 71.8 Å². The molecular formula is C55H65PSn. The van der Waals surface area contributed by atoms with Gasteiger partial charge in [-0.1, -0.05) is 0 Å². The van der Waals surface area contributed by atoms with Gasteiger partial charge in [-0.25, -0.2) is 0 Å². The van der Waals surface area contributed by atoms with Gasteiger partial charge in [-0.3, -0.25) is 0 Å². The van der Waals surface area contributed by atoms with Crippen molar-refractivity contribution in [3.05, 3.63) is 172 Å². The number of hydrogen-bond acceptors (Lipinski definition) is 0. The van der Waals surface area contributed by atoms with Gasteiger partial charge in [-0.2, -0.15) is 0 Å². The molecule has 0 spiro atoms. The molecule has 0 aromatic heterocycles. The number of benzene rings is 6. The van der Waals surface area contributed by atoms with Crippen LogP contribution in [0.5, 0.6) is 0 Å². The zero-order valence-corrected chi connectivity index (χ0v) is 40.4. The van der Waals surface area contributed by atoms with E-state index in [0.717, 1.165) is 0 Å². The van der Waals surface area contributed by atoms with Crippen LogP contribution in [0.25, 0.3) is 22.3 Å². The molecule has 0 aliphatic carbocycles. The molecule has 0 N–H and O–H groups in total. The molecule has 0 fully saturated rings. The fourth-order valence-corrected chi connectivity index (χ4v) is 19.2. The Hall–Kier alpha value is -3.45. The first kappa shape index (κ1) is 43.1. The van der Waals surface area contributed by atoms with Crippen molar-refractivity contribution in [3.63, 3.8) is 0 Å². The van der Waals surface area contributed by atoms with E-state index in [0.29, 0.717) is 39.2 Å². The van der Waals surface area contributed by atoms with Gasteiger partial charge in [0.1, 0.15) is 0 Å². The Balaban J connectivity index is 1.78. The van der Waals surface area contributed by atoms with Crippen LogP contribution in [0.15, 0.2) is 133 Å². The van der Waals surface area contributed by atoms with E-state index >= 15 is 0 Å². The predicted molar refractivity (Wildman–Crippen MR) is 255 cm³/mol. The van der Waals surface area contributed by atoms with Gasteiger partial charge in [0.15, 0.2) is 0 Å². The topological polar surface area (TPSA) is 0 Å². The molecule has 294 valence electrons. The molecule has 1 atom stereocenters. The maximum atomic E-state index is 2.56. The first-order valence-electron chi connectivity index (χ1n) is 21.5. The average molecular weight is 876 g/mol. The quantitative estimate of drug-likeness (QED) is 0.0755. The summed E-state index contributed by atoms with van der Waals surface area (Å²) in [5.74, 6) is 2.54. The van der Waals surface area contributed by atoms with Crippen molar-refractivity contribution < 1.29 is 0 Å². The molecule has 57 heavy (non-hydrogen) atoms. The van der Waals surface area contributed by atoms with Gasteiger partial charge >= 0.3 is 360 Å². The van der Waals surface area contributed by atoms with E-state index in [-0.39, 0.29) is 0 Å². The number of hydrogen-bond donors (Lipinski definition) is 0. The summed E-state index contributed by atoms with van der Waals surface area (Å²) in [4.78, 5) is 0. The summed E-state index contributed by atoms with van der Waals surface area (Å²) in [5, 5.41) is 2.93. The molecule has 6 aromatic carbocycles. The minimum absolute atomic E-state index is 0.400. The third-order valence-corrected chi connectivity index (χ3v) is 21.3. The Bertz CT molecular complexity index is 2040. The number of rotatable bonds is 14. The Kier molecular flexibility index (Phi) is 14.4. The van der Waals surface area contributed by atoms with Crippen LogP contribution in [0.1, 0.15) is 161 Å². The monoisotopic (exact) mass is 876 g/mol. The summed E-state index contributed by atoms with van der Waals surface area (Å²) < 4.78 is 2.06. The van der Waals surface area contributed by atoms with Gasteiger partial charge in [0, 0.05) is 0 Å². The SMILES string of the molecule is CC(C)c1cc(C(C)C)c(-c2cccc(-c3c(C(C)C)cc(C(C)C)cc3C(C)C)[c]2[Sn][C@H](c2ccccc2)P(c2ccccc2)c2ccccc2)c(C(C)C)c1. The van der Waals surface area contributed by atoms with Gasteiger partial charge in [0.05, 0.1) is 0 Å². The molecule has 0 aliphatic heterocycles. The Labute approximate surface area is 357 Å². The van der Waals surface area contributed by atoms with E-state index in [9.17, 15) is 0 Å². The Morgan fingerprint density at radius 1 is 0.351 bits per heavy atom. The zero-order valence-electron chi connectivity index (χ0n) is 36.7. The van der Waals surface area contributed by atoms with E-state index in [2.05, 4.69) is 217 Å². The van der Waals surface area contributed by atoms with E-state index in [4.69, 9.17) is 0 Å². The van der Waals surface area contributed by atoms with Crippen molar-refractivity contribution >= 4 is 43.3 Å². The first-order chi connectivity index (χ1) is 27.3. The van der Waals surface area contributed by atoms with Crippen LogP contribution in [0.3, 0.4) is 0 Å². The van der Waals surface area contributed by atoms with Crippen LogP contribution in [-0.2, 0) is 0 Å². The normalized spacial score (nSPS) is 12.6. The van der Waals surface area contributed by atoms with Gasteiger partial charge in [-0.05, 0) is 0 Å². The molecule has 0 nitrogen and oxygen atoms in total. The van der Waals surface area contributed by atoms with Crippen molar-refractivity contribution in [1.29, 1.82) is 0 Å². The predicted octanol–water partition coefficient (Wildman–Crippen LogP) is 14.9. The second-order valence-electron chi connectivity index (χ2n) is 17.8. The van der Waals surface area contributed by atoms with Crippen LogP contribution >= 0.6 is 7.92 Å². The molecule has 0 bridgehead atoms. The summed E-state index contributed by atoms with van der Waals surface area (Å²) >= 11 is -1.50. The molecule has 2 radical (unpaired) electrons. The van der Waals surface area contributed by atoms with Crippen LogP contribution in [-0.4, -0.2) is 21.1 Å². The standard InChI is InChI=1S/C36H49.C19H16P.Sn/c1-21(2)29-17-31(23(5)6)35(32(18-29)24(7)8)27-14-13-15-28(16-27)36-33(25(9)10)19-30(22(3)4)20-34(36)26(11)12;1-4-10-17(11-5-1)16-20(18-12-6-2-7-13-18)19-14-8-3-9-15-19;/h13-15,17-26H,1-12H3;1-16H;. The fraction of sp³-hybridized carbons (Fsp3) is 0.345. The third kappa shape index (κ3) is 9.55. The van der Waals surface area contributed by atoms with Gasteiger partial charge < -0.3 is 0 Å². The van der Waals surface area contributed by atoms with Crippen molar-refractivity contribution in [2.75, 3.05) is 0 Å². The van der Waals surface area contributed by atoms with Crippen molar-refractivity contribution in [3.8, 4) is 22.3 Å². The minimum atomic E-state index is -1.50. The van der Waals surface area contributed by atoms with E-state index in [1.807, 2.05) is 0 Å².